The molecule has 0 aliphatic heterocycles. The Morgan fingerprint density at radius 3 is 1.65 bits per heavy atom. The summed E-state index contributed by atoms with van der Waals surface area (Å²) < 4.78 is 5.64. The molecule has 0 saturated carbocycles. The van der Waals surface area contributed by atoms with Gasteiger partial charge in [0, 0.05) is 10.8 Å². The molecule has 1 heterocycles. The smallest absolute Gasteiger partial charge is 0.136 e. The molecule has 0 N–H and O–H groups in total. The lowest BCUT2D eigenvalue weighted by atomic mass is 10.1. The molecule has 0 radical (unpaired) electrons. The lowest BCUT2D eigenvalue weighted by Crippen LogP contribution is -1.73. The largest absolute Gasteiger partial charge is 0.456 e. The molecule has 0 fully saturated rings. The summed E-state index contributed by atoms with van der Waals surface area (Å²) in [5.41, 5.74) is 2.48. The van der Waals surface area contributed by atoms with Gasteiger partial charge in [-0.25, -0.2) is 0 Å². The van der Waals surface area contributed by atoms with E-state index in [0.717, 1.165) is 10.8 Å². The summed E-state index contributed by atoms with van der Waals surface area (Å²) in [5.74, 6) is 0. The second kappa shape index (κ2) is 3.37. The van der Waals surface area contributed by atoms with Crippen molar-refractivity contribution in [1.29, 1.82) is 10.5 Å². The number of furan rings is 1. The molecule has 3 aromatic rings. The van der Waals surface area contributed by atoms with Gasteiger partial charge in [0.05, 0.1) is 23.3 Å². The van der Waals surface area contributed by atoms with E-state index in [9.17, 15) is 0 Å². The average molecular weight is 218 g/mol. The lowest BCUT2D eigenvalue weighted by molar-refractivity contribution is 0.668. The Morgan fingerprint density at radius 1 is 0.765 bits per heavy atom. The van der Waals surface area contributed by atoms with Gasteiger partial charge in [-0.05, 0) is 36.4 Å². The van der Waals surface area contributed by atoms with Crippen LogP contribution in [-0.2, 0) is 0 Å². The van der Waals surface area contributed by atoms with Gasteiger partial charge in [-0.3, -0.25) is 0 Å². The van der Waals surface area contributed by atoms with Crippen LogP contribution in [-0.4, -0.2) is 0 Å². The zero-order chi connectivity index (χ0) is 11.8. The highest BCUT2D eigenvalue weighted by Gasteiger charge is 2.07. The highest BCUT2D eigenvalue weighted by molar-refractivity contribution is 6.05. The summed E-state index contributed by atoms with van der Waals surface area (Å²) in [6.45, 7) is 0. The van der Waals surface area contributed by atoms with Crippen molar-refractivity contribution in [3.8, 4) is 12.1 Å². The zero-order valence-corrected chi connectivity index (χ0v) is 8.77. The number of nitriles is 2. The third-order valence-corrected chi connectivity index (χ3v) is 2.73. The van der Waals surface area contributed by atoms with Gasteiger partial charge in [0.15, 0.2) is 0 Å². The number of rotatable bonds is 0. The Morgan fingerprint density at radius 2 is 1.24 bits per heavy atom. The average Bonchev–Trinajstić information content (AvgIpc) is 2.74. The zero-order valence-electron chi connectivity index (χ0n) is 8.77. The van der Waals surface area contributed by atoms with E-state index < -0.39 is 0 Å². The molecule has 2 aromatic carbocycles. The van der Waals surface area contributed by atoms with E-state index in [0.29, 0.717) is 22.3 Å². The molecule has 0 amide bonds. The topological polar surface area (TPSA) is 60.7 Å². The molecular weight excluding hydrogens is 212 g/mol. The van der Waals surface area contributed by atoms with Crippen LogP contribution in [0.2, 0.25) is 0 Å². The fourth-order valence-electron chi connectivity index (χ4n) is 1.92. The Labute approximate surface area is 97.1 Å². The molecular formula is C14H6N2O. The van der Waals surface area contributed by atoms with Gasteiger partial charge in [0.2, 0.25) is 0 Å². The maximum Gasteiger partial charge on any atom is 0.136 e. The fraction of sp³-hybridized carbons (Fsp3) is 0. The van der Waals surface area contributed by atoms with Crippen LogP contribution >= 0.6 is 0 Å². The first-order valence-electron chi connectivity index (χ1n) is 5.08. The second-order valence-electron chi connectivity index (χ2n) is 3.75. The number of nitrogens with zero attached hydrogens (tertiary/aromatic N) is 2. The van der Waals surface area contributed by atoms with Crippen molar-refractivity contribution in [2.75, 3.05) is 0 Å². The third kappa shape index (κ3) is 1.34. The summed E-state index contributed by atoms with van der Waals surface area (Å²) in [6.07, 6.45) is 0. The van der Waals surface area contributed by atoms with E-state index >= 15 is 0 Å². The van der Waals surface area contributed by atoms with E-state index in [1.807, 2.05) is 12.1 Å². The normalized spacial score (nSPS) is 10.2. The lowest BCUT2D eigenvalue weighted by Gasteiger charge is -1.89. The van der Waals surface area contributed by atoms with Crippen molar-refractivity contribution >= 4 is 21.9 Å². The van der Waals surface area contributed by atoms with E-state index in [2.05, 4.69) is 12.1 Å². The number of hydrogen-bond donors (Lipinski definition) is 0. The van der Waals surface area contributed by atoms with Gasteiger partial charge in [-0.1, -0.05) is 0 Å². The van der Waals surface area contributed by atoms with Crippen LogP contribution < -0.4 is 0 Å². The van der Waals surface area contributed by atoms with Crippen molar-refractivity contribution in [1.82, 2.24) is 0 Å². The molecule has 0 bridgehead atoms. The minimum atomic E-state index is 0.567. The van der Waals surface area contributed by atoms with Gasteiger partial charge in [-0.15, -0.1) is 0 Å². The Kier molecular flexibility index (Phi) is 1.87. The molecule has 3 nitrogen and oxygen atoms in total. The van der Waals surface area contributed by atoms with Crippen molar-refractivity contribution in [2.24, 2.45) is 0 Å². The molecule has 17 heavy (non-hydrogen) atoms. The Hall–Kier alpha value is -2.78. The predicted octanol–water partition coefficient (Wildman–Crippen LogP) is 3.33. The molecule has 0 aliphatic rings. The Balaban J connectivity index is 2.42. The predicted molar refractivity (Wildman–Crippen MR) is 63.2 cm³/mol. The summed E-state index contributed by atoms with van der Waals surface area (Å²) >= 11 is 0. The summed E-state index contributed by atoms with van der Waals surface area (Å²) in [6, 6.07) is 14.8. The van der Waals surface area contributed by atoms with Gasteiger partial charge >= 0.3 is 0 Å². The molecule has 3 heteroatoms. The van der Waals surface area contributed by atoms with E-state index in [1.165, 1.54) is 0 Å². The number of benzene rings is 2. The molecule has 1 aromatic heterocycles. The minimum Gasteiger partial charge on any atom is -0.456 e. The number of fused-ring (bicyclic) bond motifs is 3. The van der Waals surface area contributed by atoms with Crippen LogP contribution in [0.15, 0.2) is 40.8 Å². The molecule has 0 aliphatic carbocycles. The van der Waals surface area contributed by atoms with Crippen molar-refractivity contribution in [3.63, 3.8) is 0 Å². The molecule has 78 valence electrons. The van der Waals surface area contributed by atoms with Crippen LogP contribution in [0.1, 0.15) is 11.1 Å². The van der Waals surface area contributed by atoms with E-state index in [1.54, 1.807) is 24.3 Å². The fourth-order valence-corrected chi connectivity index (χ4v) is 1.92. The highest BCUT2D eigenvalue weighted by atomic mass is 16.3. The summed E-state index contributed by atoms with van der Waals surface area (Å²) in [7, 11) is 0. The maximum atomic E-state index is 8.82. The maximum absolute atomic E-state index is 8.82. The van der Waals surface area contributed by atoms with Crippen LogP contribution in [0.25, 0.3) is 21.9 Å². The van der Waals surface area contributed by atoms with Crippen LogP contribution in [0.3, 0.4) is 0 Å². The monoisotopic (exact) mass is 218 g/mol. The third-order valence-electron chi connectivity index (χ3n) is 2.73. The van der Waals surface area contributed by atoms with Crippen molar-refractivity contribution < 1.29 is 4.42 Å². The summed E-state index contributed by atoms with van der Waals surface area (Å²) in [4.78, 5) is 0. The van der Waals surface area contributed by atoms with Gasteiger partial charge < -0.3 is 4.42 Å². The second-order valence-corrected chi connectivity index (χ2v) is 3.75. The van der Waals surface area contributed by atoms with Crippen LogP contribution in [0.5, 0.6) is 0 Å². The van der Waals surface area contributed by atoms with Crippen LogP contribution in [0, 0.1) is 22.7 Å². The first kappa shape index (κ1) is 9.45. The first-order valence-corrected chi connectivity index (χ1v) is 5.08. The first-order chi connectivity index (χ1) is 8.31. The van der Waals surface area contributed by atoms with E-state index in [4.69, 9.17) is 14.9 Å². The number of hydrogen-bond acceptors (Lipinski definition) is 3. The van der Waals surface area contributed by atoms with Crippen molar-refractivity contribution in [2.45, 2.75) is 0 Å². The Bertz CT molecular complexity index is 747. The minimum absolute atomic E-state index is 0.567. The standard InChI is InChI=1S/C14H6N2O/c15-7-9-1-3-11-12-4-2-10(8-16)6-14(12)17-13(11)5-9/h1-6H. The SMILES string of the molecule is N#Cc1ccc2c(c1)oc1cc(C#N)ccc12. The quantitative estimate of drug-likeness (QED) is 0.581. The van der Waals surface area contributed by atoms with Crippen molar-refractivity contribution in [3.05, 3.63) is 47.5 Å². The molecule has 3 rings (SSSR count). The summed E-state index contributed by atoms with van der Waals surface area (Å²) in [5, 5.41) is 19.6. The molecule has 0 unspecified atom stereocenters. The molecule has 0 spiro atoms. The molecule has 0 saturated heterocycles. The van der Waals surface area contributed by atoms with Gasteiger partial charge in [0.1, 0.15) is 11.2 Å². The highest BCUT2D eigenvalue weighted by Crippen LogP contribution is 2.29. The van der Waals surface area contributed by atoms with Gasteiger partial charge in [-0.2, -0.15) is 10.5 Å². The van der Waals surface area contributed by atoms with Crippen LogP contribution in [0.4, 0.5) is 0 Å². The van der Waals surface area contributed by atoms with Gasteiger partial charge in [0.25, 0.3) is 0 Å². The van der Waals surface area contributed by atoms with E-state index in [-0.39, 0.29) is 0 Å². The molecule has 0 atom stereocenters.